The summed E-state index contributed by atoms with van der Waals surface area (Å²) in [6, 6.07) is 12.3. The fourth-order valence-corrected chi connectivity index (χ4v) is 2.25. The van der Waals surface area contributed by atoms with Gasteiger partial charge in [-0.15, -0.1) is 0 Å². The average molecular weight is 235 g/mol. The molecule has 2 heterocycles. The van der Waals surface area contributed by atoms with E-state index in [1.165, 1.54) is 12.8 Å². The number of nitrogens with one attached hydrogen (secondary N) is 1. The van der Waals surface area contributed by atoms with Crippen LogP contribution < -0.4 is 0 Å². The van der Waals surface area contributed by atoms with Crippen LogP contribution in [0.4, 0.5) is 0 Å². The Morgan fingerprint density at radius 2 is 1.94 bits per heavy atom. The van der Waals surface area contributed by atoms with Crippen LogP contribution in [0.3, 0.4) is 0 Å². The maximum atomic E-state index is 4.67. The molecule has 0 amide bonds. The van der Waals surface area contributed by atoms with E-state index >= 15 is 0 Å². The maximum Gasteiger partial charge on any atom is 0.110 e. The lowest BCUT2D eigenvalue weighted by Crippen LogP contribution is -1.82. The number of nitrogens with zero attached hydrogens (tertiary/aromatic N) is 2. The molecule has 88 valence electrons. The first-order valence-electron chi connectivity index (χ1n) is 6.31. The number of benzene rings is 1. The smallest absolute Gasteiger partial charge is 0.110 e. The lowest BCUT2D eigenvalue weighted by molar-refractivity contribution is 0.986. The number of aromatic nitrogens is 3. The van der Waals surface area contributed by atoms with Crippen molar-refractivity contribution in [1.29, 1.82) is 0 Å². The highest BCUT2D eigenvalue weighted by molar-refractivity contribution is 5.79. The minimum Gasteiger partial charge on any atom is -0.340 e. The molecule has 1 N–H and O–H groups in total. The number of hydrogen-bond donors (Lipinski definition) is 1. The molecule has 0 aliphatic heterocycles. The van der Waals surface area contributed by atoms with Gasteiger partial charge in [-0.2, -0.15) is 0 Å². The molecule has 0 spiro atoms. The van der Waals surface area contributed by atoms with E-state index in [-0.39, 0.29) is 0 Å². The highest BCUT2D eigenvalue weighted by atomic mass is 14.9. The van der Waals surface area contributed by atoms with Crippen LogP contribution in [0.2, 0.25) is 0 Å². The van der Waals surface area contributed by atoms with E-state index in [1.807, 2.05) is 24.4 Å². The maximum absolute atomic E-state index is 4.67. The molecule has 0 saturated heterocycles. The van der Waals surface area contributed by atoms with E-state index in [2.05, 4.69) is 33.2 Å². The Morgan fingerprint density at radius 3 is 2.72 bits per heavy atom. The van der Waals surface area contributed by atoms with E-state index in [9.17, 15) is 0 Å². The number of imidazole rings is 1. The summed E-state index contributed by atoms with van der Waals surface area (Å²) in [5.74, 6) is 1.77. The Kier molecular flexibility index (Phi) is 2.00. The Labute approximate surface area is 105 Å². The summed E-state index contributed by atoms with van der Waals surface area (Å²) in [7, 11) is 0. The van der Waals surface area contributed by atoms with Gasteiger partial charge >= 0.3 is 0 Å². The van der Waals surface area contributed by atoms with Gasteiger partial charge in [0.1, 0.15) is 5.82 Å². The minimum absolute atomic E-state index is 0.651. The third kappa shape index (κ3) is 1.59. The first kappa shape index (κ1) is 9.83. The zero-order valence-corrected chi connectivity index (χ0v) is 9.93. The van der Waals surface area contributed by atoms with E-state index < -0.39 is 0 Å². The van der Waals surface area contributed by atoms with Crippen LogP contribution in [0.1, 0.15) is 24.6 Å². The second-order valence-electron chi connectivity index (χ2n) is 4.85. The van der Waals surface area contributed by atoms with Gasteiger partial charge in [0.2, 0.25) is 0 Å². The molecule has 0 unspecified atom stereocenters. The molecule has 1 aromatic carbocycles. The van der Waals surface area contributed by atoms with Crippen molar-refractivity contribution in [3.63, 3.8) is 0 Å². The molecule has 1 saturated carbocycles. The summed E-state index contributed by atoms with van der Waals surface area (Å²) < 4.78 is 0. The fraction of sp³-hybridized carbons (Fsp3) is 0.200. The average Bonchev–Trinajstić information content (AvgIpc) is 3.19. The van der Waals surface area contributed by atoms with E-state index in [0.717, 1.165) is 28.1 Å². The molecular weight excluding hydrogens is 222 g/mol. The van der Waals surface area contributed by atoms with Crippen molar-refractivity contribution in [2.45, 2.75) is 18.8 Å². The van der Waals surface area contributed by atoms with Crippen molar-refractivity contribution in [1.82, 2.24) is 15.0 Å². The van der Waals surface area contributed by atoms with Crippen molar-refractivity contribution in [3.8, 4) is 11.3 Å². The van der Waals surface area contributed by atoms with Gasteiger partial charge in [0.15, 0.2) is 0 Å². The summed E-state index contributed by atoms with van der Waals surface area (Å²) >= 11 is 0. The summed E-state index contributed by atoms with van der Waals surface area (Å²) in [6.07, 6.45) is 4.41. The zero-order valence-electron chi connectivity index (χ0n) is 9.93. The summed E-state index contributed by atoms with van der Waals surface area (Å²) in [6.45, 7) is 0. The van der Waals surface area contributed by atoms with Crippen molar-refractivity contribution in [2.75, 3.05) is 0 Å². The first-order valence-corrected chi connectivity index (χ1v) is 6.31. The van der Waals surface area contributed by atoms with E-state index in [4.69, 9.17) is 0 Å². The number of H-pyrrole nitrogens is 1. The Hall–Kier alpha value is -2.16. The van der Waals surface area contributed by atoms with Crippen LogP contribution in [0.15, 0.2) is 42.6 Å². The Balaban J connectivity index is 1.83. The second-order valence-corrected chi connectivity index (χ2v) is 4.85. The molecule has 0 radical (unpaired) electrons. The van der Waals surface area contributed by atoms with Gasteiger partial charge in [-0.05, 0) is 18.9 Å². The summed E-state index contributed by atoms with van der Waals surface area (Å²) in [4.78, 5) is 12.5. The van der Waals surface area contributed by atoms with Crippen LogP contribution in [-0.4, -0.2) is 15.0 Å². The van der Waals surface area contributed by atoms with Crippen molar-refractivity contribution in [3.05, 3.63) is 48.4 Å². The Morgan fingerprint density at radius 1 is 1.11 bits per heavy atom. The quantitative estimate of drug-likeness (QED) is 0.738. The molecule has 4 rings (SSSR count). The monoisotopic (exact) mass is 235 g/mol. The zero-order chi connectivity index (χ0) is 11.9. The summed E-state index contributed by atoms with van der Waals surface area (Å²) in [5, 5.41) is 0. The van der Waals surface area contributed by atoms with Crippen LogP contribution in [0.5, 0.6) is 0 Å². The topological polar surface area (TPSA) is 41.6 Å². The number of pyridine rings is 1. The standard InChI is InChI=1S/C15H13N3/c1-2-4-10(5-3-1)12-8-13-14(9-16-12)18-15(17-13)11-6-7-11/h1-5,8-9,11H,6-7H2,(H,17,18). The lowest BCUT2D eigenvalue weighted by atomic mass is 10.1. The van der Waals surface area contributed by atoms with Crippen molar-refractivity contribution < 1.29 is 0 Å². The number of aromatic amines is 1. The molecule has 3 heteroatoms. The minimum atomic E-state index is 0.651. The number of hydrogen-bond acceptors (Lipinski definition) is 2. The van der Waals surface area contributed by atoms with Gasteiger partial charge in [0.05, 0.1) is 22.9 Å². The summed E-state index contributed by atoms with van der Waals surface area (Å²) in [5.41, 5.74) is 4.18. The highest BCUT2D eigenvalue weighted by Gasteiger charge is 2.26. The molecule has 1 aliphatic rings. The van der Waals surface area contributed by atoms with Crippen molar-refractivity contribution >= 4 is 11.0 Å². The van der Waals surface area contributed by atoms with Gasteiger partial charge in [-0.3, -0.25) is 4.98 Å². The molecule has 3 nitrogen and oxygen atoms in total. The van der Waals surface area contributed by atoms with Gasteiger partial charge in [0, 0.05) is 11.5 Å². The fourth-order valence-electron chi connectivity index (χ4n) is 2.25. The van der Waals surface area contributed by atoms with Crippen LogP contribution in [-0.2, 0) is 0 Å². The molecule has 0 bridgehead atoms. The van der Waals surface area contributed by atoms with Crippen LogP contribution >= 0.6 is 0 Å². The Bertz CT molecular complexity index is 696. The van der Waals surface area contributed by atoms with Gasteiger partial charge in [0.25, 0.3) is 0 Å². The van der Waals surface area contributed by atoms with Crippen molar-refractivity contribution in [2.24, 2.45) is 0 Å². The van der Waals surface area contributed by atoms with Gasteiger partial charge in [-0.25, -0.2) is 4.98 Å². The molecular formula is C15H13N3. The molecule has 3 aromatic rings. The predicted molar refractivity (Wildman–Crippen MR) is 71.3 cm³/mol. The van der Waals surface area contributed by atoms with Gasteiger partial charge in [-0.1, -0.05) is 30.3 Å². The third-order valence-corrected chi connectivity index (χ3v) is 3.42. The van der Waals surface area contributed by atoms with Gasteiger partial charge < -0.3 is 4.98 Å². The molecule has 18 heavy (non-hydrogen) atoms. The number of fused-ring (bicyclic) bond motifs is 1. The third-order valence-electron chi connectivity index (χ3n) is 3.42. The molecule has 1 fully saturated rings. The predicted octanol–water partition coefficient (Wildman–Crippen LogP) is 3.50. The van der Waals surface area contributed by atoms with Crippen LogP contribution in [0.25, 0.3) is 22.3 Å². The van der Waals surface area contributed by atoms with Crippen LogP contribution in [0, 0.1) is 0 Å². The second kappa shape index (κ2) is 3.67. The van der Waals surface area contributed by atoms with E-state index in [0.29, 0.717) is 5.92 Å². The molecule has 1 aliphatic carbocycles. The lowest BCUT2D eigenvalue weighted by Gasteiger charge is -1.99. The largest absolute Gasteiger partial charge is 0.340 e. The molecule has 0 atom stereocenters. The number of rotatable bonds is 2. The molecule has 2 aromatic heterocycles. The first-order chi connectivity index (χ1) is 8.90. The highest BCUT2D eigenvalue weighted by Crippen LogP contribution is 2.39. The normalized spacial score (nSPS) is 15.1. The van der Waals surface area contributed by atoms with E-state index in [1.54, 1.807) is 0 Å². The SMILES string of the molecule is c1ccc(-c2cc3nc(C4CC4)[nH]c3cn2)cc1.